The van der Waals surface area contributed by atoms with Crippen molar-refractivity contribution in [2.75, 3.05) is 10.6 Å². The van der Waals surface area contributed by atoms with Crippen molar-refractivity contribution < 1.29 is 0 Å². The summed E-state index contributed by atoms with van der Waals surface area (Å²) < 4.78 is 0. The van der Waals surface area contributed by atoms with Gasteiger partial charge in [0.2, 0.25) is 0 Å². The van der Waals surface area contributed by atoms with Crippen LogP contribution in [0.4, 0.5) is 23.3 Å². The van der Waals surface area contributed by atoms with E-state index in [0.717, 1.165) is 51.4 Å². The van der Waals surface area contributed by atoms with E-state index >= 15 is 0 Å². The summed E-state index contributed by atoms with van der Waals surface area (Å²) in [6.07, 6.45) is 4.12. The molecule has 0 unspecified atom stereocenters. The Bertz CT molecular complexity index is 1550. The minimum Gasteiger partial charge on any atom is -0.328 e. The molecule has 3 aliphatic rings. The fraction of sp³-hybridized carbons (Fsp3) is 0.500. The van der Waals surface area contributed by atoms with E-state index in [2.05, 4.69) is 128 Å². The first kappa shape index (κ1) is 27.9. The highest BCUT2D eigenvalue weighted by Crippen LogP contribution is 2.40. The largest absolute Gasteiger partial charge is 0.328 e. The third-order valence-corrected chi connectivity index (χ3v) is 7.30. The van der Waals surface area contributed by atoms with E-state index in [0.29, 0.717) is 17.5 Å². The number of nitrogens with zero attached hydrogens (tertiary/aromatic N) is 4. The van der Waals surface area contributed by atoms with Gasteiger partial charge in [0.15, 0.2) is 17.5 Å². The molecule has 2 aromatic heterocycles. The van der Waals surface area contributed by atoms with Crippen LogP contribution >= 0.6 is 0 Å². The molecule has 2 aromatic rings. The molecule has 0 radical (unpaired) electrons. The van der Waals surface area contributed by atoms with Gasteiger partial charge in [0.1, 0.15) is 29.1 Å². The zero-order chi connectivity index (χ0) is 29.4. The Balaban J connectivity index is 1.76. The summed E-state index contributed by atoms with van der Waals surface area (Å²) in [5, 5.41) is 7.20. The van der Waals surface area contributed by atoms with Crippen LogP contribution in [0.2, 0.25) is 0 Å². The second kappa shape index (κ2) is 8.91. The van der Waals surface area contributed by atoms with Gasteiger partial charge in [-0.05, 0) is 45.9 Å². The minimum absolute atomic E-state index is 0.0974. The number of H-pyrrole nitrogens is 2. The molecule has 3 aliphatic heterocycles. The molecule has 0 saturated heterocycles. The fourth-order valence-electron chi connectivity index (χ4n) is 5.09. The molecular weight excluding hydrogens is 496 g/mol. The number of aliphatic imine (C=N–C) groups is 4. The summed E-state index contributed by atoms with van der Waals surface area (Å²) in [6, 6.07) is 4.32. The number of amidine groups is 4. The highest BCUT2D eigenvalue weighted by Gasteiger charge is 2.32. The quantitative estimate of drug-likeness (QED) is 0.270. The lowest BCUT2D eigenvalue weighted by Gasteiger charge is -2.22. The van der Waals surface area contributed by atoms with Crippen molar-refractivity contribution in [3.63, 3.8) is 0 Å². The van der Waals surface area contributed by atoms with Crippen LogP contribution in [0.5, 0.6) is 0 Å². The molecule has 0 aliphatic carbocycles. The normalized spacial score (nSPS) is 17.8. The van der Waals surface area contributed by atoms with E-state index in [9.17, 15) is 0 Å². The molecule has 0 amide bonds. The maximum Gasteiger partial charge on any atom is 0.160 e. The highest BCUT2D eigenvalue weighted by molar-refractivity contribution is 6.27. The van der Waals surface area contributed by atoms with Crippen molar-refractivity contribution in [3.8, 4) is 0 Å². The average Bonchev–Trinajstić information content (AvgIpc) is 3.53. The zero-order valence-electron chi connectivity index (χ0n) is 26.1. The van der Waals surface area contributed by atoms with Crippen molar-refractivity contribution in [1.29, 1.82) is 0 Å². The Labute approximate surface area is 238 Å². The molecule has 8 nitrogen and oxygen atoms in total. The lowest BCUT2D eigenvalue weighted by Crippen LogP contribution is -2.22. The SMILES string of the molecule is CC(C)(C)C1=CC2=Nc3[nH]c(cc3C(C)(C)C)Nc3[nH]c(cc3C(C)(C)C)NC3=NC(=NC1=N2)C=C3C(C)(C)C. The van der Waals surface area contributed by atoms with Crippen molar-refractivity contribution in [2.45, 2.75) is 93.9 Å². The van der Waals surface area contributed by atoms with Gasteiger partial charge in [-0.2, -0.15) is 0 Å². The summed E-state index contributed by atoms with van der Waals surface area (Å²) in [7, 11) is 0. The molecule has 4 N–H and O–H groups in total. The summed E-state index contributed by atoms with van der Waals surface area (Å²) in [4.78, 5) is 27.0. The number of fused-ring (bicyclic) bond motifs is 6. The van der Waals surface area contributed by atoms with Crippen molar-refractivity contribution >= 4 is 46.6 Å². The summed E-state index contributed by atoms with van der Waals surface area (Å²) in [6.45, 7) is 26.3. The first-order valence-electron chi connectivity index (χ1n) is 14.1. The van der Waals surface area contributed by atoms with E-state index in [4.69, 9.17) is 20.0 Å². The molecular formula is C32H44N8. The van der Waals surface area contributed by atoms with Crippen LogP contribution in [0.25, 0.3) is 0 Å². The molecule has 5 heterocycles. The lowest BCUT2D eigenvalue weighted by molar-refractivity contribution is 0.525. The molecule has 0 saturated carbocycles. The smallest absolute Gasteiger partial charge is 0.160 e. The number of hydrogen-bond donors (Lipinski definition) is 4. The molecule has 0 aromatic carbocycles. The first-order chi connectivity index (χ1) is 18.3. The van der Waals surface area contributed by atoms with E-state index in [1.807, 2.05) is 0 Å². The van der Waals surface area contributed by atoms with Crippen LogP contribution < -0.4 is 10.6 Å². The molecule has 40 heavy (non-hydrogen) atoms. The Kier molecular flexibility index (Phi) is 6.21. The number of anilines is 3. The molecule has 212 valence electrons. The predicted octanol–water partition coefficient (Wildman–Crippen LogP) is 8.30. The van der Waals surface area contributed by atoms with Gasteiger partial charge in [0.05, 0.1) is 0 Å². The number of nitrogens with one attached hydrogen (secondary N) is 4. The van der Waals surface area contributed by atoms with E-state index in [1.165, 1.54) is 0 Å². The fourth-order valence-corrected chi connectivity index (χ4v) is 5.09. The maximum atomic E-state index is 5.03. The van der Waals surface area contributed by atoms with Gasteiger partial charge in [-0.15, -0.1) is 0 Å². The second-order valence-electron chi connectivity index (χ2n) is 15.1. The van der Waals surface area contributed by atoms with Crippen LogP contribution in [-0.2, 0) is 10.8 Å². The standard InChI is InChI=1S/C32H44N8/c1-29(2,3)17-13-21-33-25(17)37-22-14-18(30(4,5)6)27(34-22)39-24-16-20(32(10,11)12)28(36-24)40-23-15-19(31(7,8)9)26(35-23)38-21/h13-16,33-34,37H,1-12H3,(H,35,36,38,39,40). The number of rotatable bonds is 0. The molecule has 0 spiro atoms. The second-order valence-corrected chi connectivity index (χ2v) is 15.1. The van der Waals surface area contributed by atoms with Crippen LogP contribution in [0, 0.1) is 10.8 Å². The average molecular weight is 541 g/mol. The van der Waals surface area contributed by atoms with Crippen LogP contribution in [0.3, 0.4) is 0 Å². The van der Waals surface area contributed by atoms with Crippen LogP contribution in [0.15, 0.2) is 55.4 Å². The van der Waals surface area contributed by atoms with Crippen LogP contribution in [-0.4, -0.2) is 33.3 Å². The molecule has 8 heteroatoms. The van der Waals surface area contributed by atoms with Gasteiger partial charge >= 0.3 is 0 Å². The Hall–Kier alpha value is -3.68. The third kappa shape index (κ3) is 5.36. The molecule has 8 bridgehead atoms. The van der Waals surface area contributed by atoms with E-state index in [-0.39, 0.29) is 21.7 Å². The zero-order valence-corrected chi connectivity index (χ0v) is 26.1. The molecule has 0 atom stereocenters. The Morgan fingerprint density at radius 3 is 1.68 bits per heavy atom. The summed E-state index contributed by atoms with van der Waals surface area (Å²) in [5.41, 5.74) is 3.88. The maximum absolute atomic E-state index is 5.03. The van der Waals surface area contributed by atoms with Crippen LogP contribution in [0.1, 0.15) is 94.2 Å². The van der Waals surface area contributed by atoms with Gasteiger partial charge < -0.3 is 20.6 Å². The lowest BCUT2D eigenvalue weighted by atomic mass is 9.85. The Morgan fingerprint density at radius 1 is 0.525 bits per heavy atom. The molecule has 5 rings (SSSR count). The van der Waals surface area contributed by atoms with Gasteiger partial charge in [0, 0.05) is 22.3 Å². The van der Waals surface area contributed by atoms with Crippen molar-refractivity contribution in [1.82, 2.24) is 9.97 Å². The van der Waals surface area contributed by atoms with Gasteiger partial charge in [-0.3, -0.25) is 0 Å². The third-order valence-electron chi connectivity index (χ3n) is 7.30. The van der Waals surface area contributed by atoms with E-state index < -0.39 is 0 Å². The number of aromatic nitrogens is 2. The molecule has 0 fully saturated rings. The monoisotopic (exact) mass is 540 g/mol. The van der Waals surface area contributed by atoms with Crippen molar-refractivity contribution in [2.24, 2.45) is 30.8 Å². The predicted molar refractivity (Wildman–Crippen MR) is 170 cm³/mol. The minimum atomic E-state index is -0.165. The summed E-state index contributed by atoms with van der Waals surface area (Å²) >= 11 is 0. The number of aromatic amines is 2. The van der Waals surface area contributed by atoms with Crippen molar-refractivity contribution in [3.05, 3.63) is 46.6 Å². The Morgan fingerprint density at radius 2 is 1.07 bits per heavy atom. The topological polar surface area (TPSA) is 105 Å². The van der Waals surface area contributed by atoms with E-state index in [1.54, 1.807) is 0 Å². The van der Waals surface area contributed by atoms with Gasteiger partial charge in [-0.1, -0.05) is 83.1 Å². The highest BCUT2D eigenvalue weighted by atomic mass is 15.2. The first-order valence-corrected chi connectivity index (χ1v) is 14.1. The van der Waals surface area contributed by atoms with Gasteiger partial charge in [-0.25, -0.2) is 20.0 Å². The number of hydrogen-bond acceptors (Lipinski definition) is 6. The van der Waals surface area contributed by atoms with Gasteiger partial charge in [0.25, 0.3) is 0 Å². The summed E-state index contributed by atoms with van der Waals surface area (Å²) in [5.74, 6) is 6.16.